The van der Waals surface area contributed by atoms with Gasteiger partial charge in [0.05, 0.1) is 23.9 Å². The van der Waals surface area contributed by atoms with E-state index in [-0.39, 0.29) is 17.4 Å². The lowest BCUT2D eigenvalue weighted by Gasteiger charge is -2.36. The van der Waals surface area contributed by atoms with Crippen LogP contribution in [0.2, 0.25) is 0 Å². The van der Waals surface area contributed by atoms with Crippen LogP contribution in [0, 0.1) is 13.8 Å². The van der Waals surface area contributed by atoms with Crippen LogP contribution < -0.4 is 0 Å². The topological polar surface area (TPSA) is 74.0 Å². The molecule has 2 unspecified atom stereocenters. The molecule has 0 aliphatic carbocycles. The number of hydrogen-bond acceptors (Lipinski definition) is 5. The van der Waals surface area contributed by atoms with Crippen LogP contribution in [-0.2, 0) is 4.79 Å². The summed E-state index contributed by atoms with van der Waals surface area (Å²) in [5.74, 6) is -1.45. The summed E-state index contributed by atoms with van der Waals surface area (Å²) in [5, 5.41) is 11.0. The van der Waals surface area contributed by atoms with Gasteiger partial charge in [0.2, 0.25) is 5.78 Å². The number of carbonyl (C=O) groups is 2. The number of benzene rings is 2. The number of nitrogens with zero attached hydrogens (tertiary/aromatic N) is 2. The van der Waals surface area contributed by atoms with E-state index in [1.807, 2.05) is 38.1 Å². The van der Waals surface area contributed by atoms with E-state index in [9.17, 15) is 14.7 Å². The average Bonchev–Trinajstić information content (AvgIpc) is 3.48. The maximum Gasteiger partial charge on any atom is 0.290 e. The Kier molecular flexibility index (Phi) is 7.22. The highest BCUT2D eigenvalue weighted by atomic mass is 16.3. The fraction of sp³-hybridized carbons (Fsp3) is 0.310. The van der Waals surface area contributed by atoms with Crippen molar-refractivity contribution < 1.29 is 19.1 Å². The molecule has 4 rings (SSSR count). The van der Waals surface area contributed by atoms with Gasteiger partial charge in [0.25, 0.3) is 5.91 Å². The van der Waals surface area contributed by atoms with E-state index in [4.69, 9.17) is 4.42 Å². The van der Waals surface area contributed by atoms with Crippen molar-refractivity contribution in [1.29, 1.82) is 0 Å². The molecule has 0 bridgehead atoms. The maximum atomic E-state index is 13.5. The molecule has 0 saturated heterocycles. The summed E-state index contributed by atoms with van der Waals surface area (Å²) in [7, 11) is 0. The third-order valence-electron chi connectivity index (χ3n) is 6.77. The van der Waals surface area contributed by atoms with Crippen LogP contribution in [0.3, 0.4) is 0 Å². The maximum absolute atomic E-state index is 13.5. The molecule has 0 radical (unpaired) electrons. The lowest BCUT2D eigenvalue weighted by molar-refractivity contribution is -0.130. The summed E-state index contributed by atoms with van der Waals surface area (Å²) in [6.07, 6.45) is 1.41. The molecule has 3 aromatic rings. The minimum atomic E-state index is -0.718. The molecule has 0 spiro atoms. The second kappa shape index (κ2) is 10.3. The van der Waals surface area contributed by atoms with Gasteiger partial charge in [-0.1, -0.05) is 73.5 Å². The van der Waals surface area contributed by atoms with Gasteiger partial charge >= 0.3 is 0 Å². The highest BCUT2D eigenvalue weighted by molar-refractivity contribution is 6.15. The van der Waals surface area contributed by atoms with Gasteiger partial charge in [-0.3, -0.25) is 14.5 Å². The average molecular weight is 473 g/mol. The molecule has 2 aromatic carbocycles. The predicted octanol–water partition coefficient (Wildman–Crippen LogP) is 5.56. The molecule has 6 heteroatoms. The summed E-state index contributed by atoms with van der Waals surface area (Å²) in [5.41, 5.74) is 4.13. The van der Waals surface area contributed by atoms with E-state index in [0.29, 0.717) is 6.54 Å². The molecule has 1 aromatic heterocycles. The SMILES string of the molecule is CCN(CC)C(CN1C(=O)C(O)=C(C(=O)c2ccco2)C1c1ccc(C)cc1)c1ccc(C)cc1. The molecule has 1 N–H and O–H groups in total. The van der Waals surface area contributed by atoms with Crippen molar-refractivity contribution in [3.8, 4) is 0 Å². The molecule has 182 valence electrons. The second-order valence-electron chi connectivity index (χ2n) is 8.99. The Balaban J connectivity index is 1.79. The predicted molar refractivity (Wildman–Crippen MR) is 135 cm³/mol. The van der Waals surface area contributed by atoms with Gasteiger partial charge in [0, 0.05) is 6.54 Å². The van der Waals surface area contributed by atoms with E-state index in [1.54, 1.807) is 17.0 Å². The van der Waals surface area contributed by atoms with Crippen LogP contribution in [0.25, 0.3) is 0 Å². The molecule has 2 atom stereocenters. The van der Waals surface area contributed by atoms with E-state index >= 15 is 0 Å². The number of furan rings is 1. The van der Waals surface area contributed by atoms with Crippen molar-refractivity contribution >= 4 is 11.7 Å². The summed E-state index contributed by atoms with van der Waals surface area (Å²) >= 11 is 0. The van der Waals surface area contributed by atoms with Gasteiger partial charge in [-0.25, -0.2) is 0 Å². The molecule has 2 heterocycles. The fourth-order valence-corrected chi connectivity index (χ4v) is 4.78. The normalized spacial score (nSPS) is 16.9. The van der Waals surface area contributed by atoms with Crippen molar-refractivity contribution in [2.45, 2.75) is 39.8 Å². The molecule has 1 aliphatic heterocycles. The number of hydrogen-bond donors (Lipinski definition) is 1. The van der Waals surface area contributed by atoms with Crippen LogP contribution in [-0.4, -0.2) is 46.2 Å². The lowest BCUT2D eigenvalue weighted by atomic mass is 9.93. The Hall–Kier alpha value is -3.64. The van der Waals surface area contributed by atoms with Crippen LogP contribution in [0.5, 0.6) is 0 Å². The number of carbonyl (C=O) groups excluding carboxylic acids is 2. The van der Waals surface area contributed by atoms with Crippen LogP contribution in [0.1, 0.15) is 58.7 Å². The molecule has 0 saturated carbocycles. The van der Waals surface area contributed by atoms with Gasteiger partial charge in [-0.15, -0.1) is 0 Å². The minimum Gasteiger partial charge on any atom is -0.503 e. The summed E-state index contributed by atoms with van der Waals surface area (Å²) < 4.78 is 5.33. The lowest BCUT2D eigenvalue weighted by Crippen LogP contribution is -2.41. The zero-order chi connectivity index (χ0) is 25.1. The first-order chi connectivity index (χ1) is 16.8. The van der Waals surface area contributed by atoms with E-state index in [1.165, 1.54) is 6.26 Å². The van der Waals surface area contributed by atoms with E-state index < -0.39 is 23.5 Å². The van der Waals surface area contributed by atoms with Crippen molar-refractivity contribution in [3.63, 3.8) is 0 Å². The van der Waals surface area contributed by atoms with E-state index in [0.717, 1.165) is 35.3 Å². The highest BCUT2D eigenvalue weighted by Crippen LogP contribution is 2.40. The van der Waals surface area contributed by atoms with Gasteiger partial charge in [-0.05, 0) is 50.2 Å². The molecule has 1 aliphatic rings. The van der Waals surface area contributed by atoms with Gasteiger partial charge in [0.1, 0.15) is 0 Å². The monoisotopic (exact) mass is 472 g/mol. The third kappa shape index (κ3) is 4.80. The first kappa shape index (κ1) is 24.5. The summed E-state index contributed by atoms with van der Waals surface area (Å²) in [4.78, 5) is 30.8. The Morgan fingerprint density at radius 3 is 2.14 bits per heavy atom. The summed E-state index contributed by atoms with van der Waals surface area (Å²) in [6, 6.07) is 18.4. The fourth-order valence-electron chi connectivity index (χ4n) is 4.78. The van der Waals surface area contributed by atoms with Crippen LogP contribution >= 0.6 is 0 Å². The third-order valence-corrected chi connectivity index (χ3v) is 6.77. The first-order valence-corrected chi connectivity index (χ1v) is 12.0. The van der Waals surface area contributed by atoms with Crippen LogP contribution in [0.4, 0.5) is 0 Å². The van der Waals surface area contributed by atoms with Crippen molar-refractivity contribution in [3.05, 3.63) is 106 Å². The second-order valence-corrected chi connectivity index (χ2v) is 8.99. The quantitative estimate of drug-likeness (QED) is 0.413. The van der Waals surface area contributed by atoms with Gasteiger partial charge in [-0.2, -0.15) is 0 Å². The van der Waals surface area contributed by atoms with Crippen molar-refractivity contribution in [2.75, 3.05) is 19.6 Å². The number of ketones is 1. The van der Waals surface area contributed by atoms with Gasteiger partial charge in [0.15, 0.2) is 11.5 Å². The van der Waals surface area contributed by atoms with Crippen LogP contribution in [0.15, 0.2) is 82.7 Å². The largest absolute Gasteiger partial charge is 0.503 e. The standard InChI is InChI=1S/C29H32N2O4/c1-5-30(6-2)23(21-13-9-19(3)10-14-21)18-31-26(22-15-11-20(4)12-16-22)25(28(33)29(31)34)27(32)24-8-7-17-35-24/h7-17,23,26,33H,5-6,18H2,1-4H3. The highest BCUT2D eigenvalue weighted by Gasteiger charge is 2.45. The van der Waals surface area contributed by atoms with E-state index in [2.05, 4.69) is 43.0 Å². The Bertz CT molecular complexity index is 1210. The summed E-state index contributed by atoms with van der Waals surface area (Å²) in [6.45, 7) is 10.1. The number of likely N-dealkylation sites (N-methyl/N-ethyl adjacent to an activating group) is 1. The smallest absolute Gasteiger partial charge is 0.290 e. The number of amides is 1. The number of aliphatic hydroxyl groups is 1. The molecule has 6 nitrogen and oxygen atoms in total. The molecule has 0 fully saturated rings. The molecular weight excluding hydrogens is 440 g/mol. The van der Waals surface area contributed by atoms with Crippen molar-refractivity contribution in [2.24, 2.45) is 0 Å². The Morgan fingerprint density at radius 2 is 1.60 bits per heavy atom. The van der Waals surface area contributed by atoms with Crippen molar-refractivity contribution in [1.82, 2.24) is 9.80 Å². The van der Waals surface area contributed by atoms with Gasteiger partial charge < -0.3 is 14.4 Å². The first-order valence-electron chi connectivity index (χ1n) is 12.0. The Labute approximate surface area is 206 Å². The number of aliphatic hydroxyl groups excluding tert-OH is 1. The number of Topliss-reactive ketones (excluding diaryl/α,β-unsaturated/α-hetero) is 1. The Morgan fingerprint density at radius 1 is 1.00 bits per heavy atom. The zero-order valence-electron chi connectivity index (χ0n) is 20.7. The number of rotatable bonds is 9. The zero-order valence-corrected chi connectivity index (χ0v) is 20.7. The molecule has 1 amide bonds. The molecule has 35 heavy (non-hydrogen) atoms. The number of aryl methyl sites for hydroxylation is 2. The molecular formula is C29H32N2O4. The minimum absolute atomic E-state index is 0.0519.